The number of aliphatic hydroxyl groups is 8. The molecule has 6 unspecified atom stereocenters. The molecule has 0 spiro atoms. The number of hydrogen-bond donors (Lipinski definition) is 14. The van der Waals surface area contributed by atoms with Gasteiger partial charge in [0.05, 0.1) is 19.1 Å². The summed E-state index contributed by atoms with van der Waals surface area (Å²) in [6.07, 6.45) is -13.2. The largest absolute Gasteiger partial charge is 0.504 e. The van der Waals surface area contributed by atoms with Crippen molar-refractivity contribution in [2.24, 2.45) is 32.9 Å². The number of nitrogens with two attached hydrogens (primary N) is 4. The number of amides is 1. The zero-order valence-electron chi connectivity index (χ0n) is 25.9. The lowest BCUT2D eigenvalue weighted by molar-refractivity contribution is -0.285. The average Bonchev–Trinajstić information content (AvgIpc) is 3.01. The Morgan fingerprint density at radius 2 is 1.48 bits per heavy atom. The van der Waals surface area contributed by atoms with Gasteiger partial charge in [-0.2, -0.15) is 0 Å². The monoisotopic (exact) mass is 698 g/mol. The normalized spacial score (nSPS) is 32.5. The Balaban J connectivity index is 2.06. The Morgan fingerprint density at radius 1 is 0.854 bits per heavy atom. The van der Waals surface area contributed by atoms with Crippen LogP contribution in [0.4, 0.5) is 0 Å². The number of likely N-dealkylation sites (N-methyl/N-ethyl adjacent to an activating group) is 1. The van der Waals surface area contributed by atoms with Gasteiger partial charge < -0.3 is 93.2 Å². The van der Waals surface area contributed by atoms with E-state index in [1.54, 1.807) is 0 Å². The molecule has 23 heteroatoms. The van der Waals surface area contributed by atoms with E-state index < -0.39 is 123 Å². The molecule has 2 rings (SSSR count). The summed E-state index contributed by atoms with van der Waals surface area (Å²) in [5.74, 6) is -4.75. The van der Waals surface area contributed by atoms with E-state index >= 15 is 0 Å². The second-order valence-electron chi connectivity index (χ2n) is 10.9. The third kappa shape index (κ3) is 11.1. The molecule has 276 valence electrons. The highest BCUT2D eigenvalue weighted by Crippen LogP contribution is 2.29. The predicted molar refractivity (Wildman–Crippen MR) is 160 cm³/mol. The minimum atomic E-state index is -1.78. The first kappa shape index (κ1) is 40.4. The number of hydrogen-bond acceptors (Lipinski definition) is 17. The summed E-state index contributed by atoms with van der Waals surface area (Å²) in [7, 11) is 1.49. The molecule has 2 aliphatic rings. The van der Waals surface area contributed by atoms with Crippen LogP contribution in [0.3, 0.4) is 0 Å². The van der Waals surface area contributed by atoms with Crippen LogP contribution in [-0.2, 0) is 28.5 Å². The van der Waals surface area contributed by atoms with E-state index in [0.29, 0.717) is 0 Å². The minimum absolute atomic E-state index is 0.00688. The molecule has 18 N–H and O–H groups in total. The quantitative estimate of drug-likeness (QED) is 0.0290. The number of aliphatic carboxylic acids is 1. The van der Waals surface area contributed by atoms with Crippen LogP contribution in [0.15, 0.2) is 21.7 Å². The fourth-order valence-electron chi connectivity index (χ4n) is 5.02. The molecule has 1 aliphatic carbocycles. The van der Waals surface area contributed by atoms with Crippen LogP contribution in [0.2, 0.25) is 0 Å². The molecule has 1 saturated carbocycles. The number of ether oxygens (including phenoxy) is 4. The second-order valence-corrected chi connectivity index (χ2v) is 10.9. The number of nitrogens with one attached hydrogen (secondary N) is 1. The van der Waals surface area contributed by atoms with Crippen molar-refractivity contribution in [3.8, 4) is 0 Å². The van der Waals surface area contributed by atoms with Crippen LogP contribution in [0, 0.1) is 0 Å². The van der Waals surface area contributed by atoms with Crippen molar-refractivity contribution < 1.29 is 74.5 Å². The Bertz CT molecular complexity index is 1150. The standard InChI is InChI=1S/C25H46N8O15/c1-33(5-4-30-11(36)2-3-12(37)38)15-19(42)16(39)10(6-34)48-23(15)45-7-9(35)22(44)47-8-46-21-14(32-25(28)29)17(40)13(31-24(26)27)18(41)20(21)43/h10,13-21,23,34-35,39-44H,2-8H2,1H3,(H,30,36)(H,37,38)(H4,26,27,31)(H4,28,29,32)/b22-9+/t10?,13?,14-,15?,16-,17?,18-,19+,20-,21?,23?/m0/s1. The number of guanidine groups is 2. The van der Waals surface area contributed by atoms with Gasteiger partial charge in [-0.15, -0.1) is 0 Å². The Kier molecular flexibility index (Phi) is 15.7. The van der Waals surface area contributed by atoms with Gasteiger partial charge in [-0.25, -0.2) is 9.98 Å². The Hall–Kier alpha value is -3.78. The van der Waals surface area contributed by atoms with E-state index in [-0.39, 0.29) is 25.9 Å². The van der Waals surface area contributed by atoms with Gasteiger partial charge in [-0.1, -0.05) is 0 Å². The van der Waals surface area contributed by atoms with Crippen molar-refractivity contribution in [2.45, 2.75) is 80.0 Å². The summed E-state index contributed by atoms with van der Waals surface area (Å²) in [5.41, 5.74) is 21.5. The Morgan fingerprint density at radius 3 is 2.06 bits per heavy atom. The highest BCUT2D eigenvalue weighted by atomic mass is 16.7. The van der Waals surface area contributed by atoms with Crippen LogP contribution in [-0.4, -0.2) is 182 Å². The number of carboxylic acids is 1. The fraction of sp³-hybridized carbons (Fsp3) is 0.760. The van der Waals surface area contributed by atoms with Crippen molar-refractivity contribution in [1.29, 1.82) is 0 Å². The van der Waals surface area contributed by atoms with Gasteiger partial charge in [0, 0.05) is 19.5 Å². The van der Waals surface area contributed by atoms with Gasteiger partial charge in [-0.3, -0.25) is 14.5 Å². The molecule has 0 radical (unpaired) electrons. The molecule has 2 fully saturated rings. The minimum Gasteiger partial charge on any atom is -0.504 e. The maximum absolute atomic E-state index is 11.8. The molecule has 1 amide bonds. The van der Waals surface area contributed by atoms with Crippen molar-refractivity contribution in [3.05, 3.63) is 11.7 Å². The SMILES string of the molecule is CN(CCNC(=O)CCC(=O)O)C1C(OC/C(O)=C(/O)OCOC2[C@@H](N=C(N)N)C(O)C(N=C(N)N)[C@H](O)[C@@H]2O)OC(CO)[C@H](O)[C@@H]1O. The van der Waals surface area contributed by atoms with Crippen LogP contribution in [0.1, 0.15) is 12.8 Å². The molecule has 1 aliphatic heterocycles. The first-order valence-electron chi connectivity index (χ1n) is 14.5. The van der Waals surface area contributed by atoms with E-state index in [0.717, 1.165) is 0 Å². The smallest absolute Gasteiger partial charge is 0.320 e. The number of rotatable bonds is 17. The van der Waals surface area contributed by atoms with E-state index in [1.807, 2.05) is 0 Å². The average molecular weight is 699 g/mol. The summed E-state index contributed by atoms with van der Waals surface area (Å²) in [4.78, 5) is 31.4. The van der Waals surface area contributed by atoms with Crippen LogP contribution in [0.25, 0.3) is 0 Å². The summed E-state index contributed by atoms with van der Waals surface area (Å²) >= 11 is 0. The summed E-state index contributed by atoms with van der Waals surface area (Å²) in [6, 6.07) is -4.01. The highest BCUT2D eigenvalue weighted by Gasteiger charge is 2.51. The zero-order valence-corrected chi connectivity index (χ0v) is 25.9. The number of carbonyl (C=O) groups excluding carboxylic acids is 1. The van der Waals surface area contributed by atoms with Gasteiger partial charge >= 0.3 is 11.9 Å². The van der Waals surface area contributed by atoms with Gasteiger partial charge in [-0.05, 0) is 7.05 Å². The topological polar surface area (TPSA) is 397 Å². The zero-order chi connectivity index (χ0) is 36.3. The van der Waals surface area contributed by atoms with E-state index in [9.17, 15) is 50.4 Å². The van der Waals surface area contributed by atoms with Crippen molar-refractivity contribution in [1.82, 2.24) is 10.2 Å². The molecule has 23 nitrogen and oxygen atoms in total. The molecule has 0 aromatic rings. The van der Waals surface area contributed by atoms with Gasteiger partial charge in [0.2, 0.25) is 5.91 Å². The molecule has 11 atom stereocenters. The fourth-order valence-corrected chi connectivity index (χ4v) is 5.02. The van der Waals surface area contributed by atoms with E-state index in [2.05, 4.69) is 15.3 Å². The predicted octanol–water partition coefficient (Wildman–Crippen LogP) is -7.25. The second kappa shape index (κ2) is 18.7. The third-order valence-corrected chi connectivity index (χ3v) is 7.47. The maximum atomic E-state index is 11.8. The summed E-state index contributed by atoms with van der Waals surface area (Å²) < 4.78 is 21.4. The number of nitrogens with zero attached hydrogens (tertiary/aromatic N) is 3. The number of aliphatic imine (C=N–C) groups is 2. The Labute approximate surface area is 273 Å². The maximum Gasteiger partial charge on any atom is 0.320 e. The highest BCUT2D eigenvalue weighted by molar-refractivity contribution is 5.80. The van der Waals surface area contributed by atoms with Crippen LogP contribution < -0.4 is 28.3 Å². The first-order chi connectivity index (χ1) is 22.5. The molecule has 0 bridgehead atoms. The lowest BCUT2D eigenvalue weighted by Crippen LogP contribution is -2.64. The lowest BCUT2D eigenvalue weighted by Gasteiger charge is -2.45. The first-order valence-corrected chi connectivity index (χ1v) is 14.5. The molecule has 1 saturated heterocycles. The molecule has 48 heavy (non-hydrogen) atoms. The van der Waals surface area contributed by atoms with Crippen LogP contribution in [0.5, 0.6) is 0 Å². The van der Waals surface area contributed by atoms with E-state index in [1.165, 1.54) is 11.9 Å². The van der Waals surface area contributed by atoms with E-state index in [4.69, 9.17) is 47.0 Å². The van der Waals surface area contributed by atoms with Crippen molar-refractivity contribution in [3.63, 3.8) is 0 Å². The molecule has 1 heterocycles. The molecular weight excluding hydrogens is 652 g/mol. The molecular formula is C25H46N8O15. The number of carbonyl (C=O) groups is 2. The molecule has 0 aromatic carbocycles. The molecule has 0 aromatic heterocycles. The van der Waals surface area contributed by atoms with Gasteiger partial charge in [0.25, 0.3) is 0 Å². The van der Waals surface area contributed by atoms with Crippen LogP contribution >= 0.6 is 0 Å². The van der Waals surface area contributed by atoms with Gasteiger partial charge in [0.15, 0.2) is 30.8 Å². The van der Waals surface area contributed by atoms with Crippen molar-refractivity contribution in [2.75, 3.05) is 40.1 Å². The summed E-state index contributed by atoms with van der Waals surface area (Å²) in [6.45, 7) is -2.37. The summed E-state index contributed by atoms with van der Waals surface area (Å²) in [5, 5.41) is 94.2. The number of aliphatic hydroxyl groups excluding tert-OH is 8. The van der Waals surface area contributed by atoms with Gasteiger partial charge in [0.1, 0.15) is 61.4 Å². The third-order valence-electron chi connectivity index (χ3n) is 7.47. The lowest BCUT2D eigenvalue weighted by atomic mass is 9.82. The van der Waals surface area contributed by atoms with Crippen molar-refractivity contribution >= 4 is 23.8 Å². The number of carboxylic acid groups (broad SMARTS) is 1.